The van der Waals surface area contributed by atoms with E-state index in [1.54, 1.807) is 11.0 Å². The molecule has 39 heavy (non-hydrogen) atoms. The van der Waals surface area contributed by atoms with E-state index >= 15 is 0 Å². The largest absolute Gasteiger partial charge is 0.463 e. The molecule has 13 nitrogen and oxygen atoms in total. The molecule has 1 aromatic carbocycles. The molecule has 212 valence electrons. The van der Waals surface area contributed by atoms with Gasteiger partial charge in [-0.2, -0.15) is 0 Å². The first-order valence-electron chi connectivity index (χ1n) is 12.5. The van der Waals surface area contributed by atoms with Gasteiger partial charge in [-0.05, 0) is 25.5 Å². The van der Waals surface area contributed by atoms with Crippen LogP contribution < -0.4 is 10.2 Å². The molecule has 1 saturated heterocycles. The van der Waals surface area contributed by atoms with Gasteiger partial charge < -0.3 is 34.0 Å². The Bertz CT molecular complexity index is 1170. The second-order valence-corrected chi connectivity index (χ2v) is 9.24. The lowest BCUT2D eigenvalue weighted by molar-refractivity contribution is -0.278. The van der Waals surface area contributed by atoms with E-state index in [0.29, 0.717) is 24.2 Å². The highest BCUT2D eigenvalue weighted by Gasteiger charge is 2.52. The highest BCUT2D eigenvalue weighted by Crippen LogP contribution is 2.32. The number of nitrogens with zero attached hydrogens (tertiary/aromatic N) is 2. The number of benzene rings is 1. The van der Waals surface area contributed by atoms with Crippen LogP contribution in [0.15, 0.2) is 23.4 Å². The van der Waals surface area contributed by atoms with E-state index in [2.05, 4.69) is 10.5 Å². The first kappa shape index (κ1) is 29.6. The molecule has 0 unspecified atom stereocenters. The fraction of sp³-hybridized carbons (Fsp3) is 0.538. The van der Waals surface area contributed by atoms with Gasteiger partial charge in [0.25, 0.3) is 12.2 Å². The molecule has 3 rings (SSSR count). The second-order valence-electron chi connectivity index (χ2n) is 9.24. The summed E-state index contributed by atoms with van der Waals surface area (Å²) in [5.41, 5.74) is 2.16. The number of amides is 2. The van der Waals surface area contributed by atoms with Crippen LogP contribution in [0.5, 0.6) is 0 Å². The molecular formula is C26H33N3O10. The lowest BCUT2D eigenvalue weighted by Gasteiger charge is -2.43. The van der Waals surface area contributed by atoms with Gasteiger partial charge in [0.1, 0.15) is 18.8 Å². The average Bonchev–Trinajstić information content (AvgIpc) is 3.09. The van der Waals surface area contributed by atoms with E-state index in [1.165, 1.54) is 13.8 Å². The van der Waals surface area contributed by atoms with Crippen molar-refractivity contribution in [1.82, 2.24) is 5.32 Å². The molecule has 1 N–H and O–H groups in total. The summed E-state index contributed by atoms with van der Waals surface area (Å²) in [5.74, 6) is -3.01. The molecule has 0 bridgehead atoms. The van der Waals surface area contributed by atoms with E-state index in [0.717, 1.165) is 19.4 Å². The van der Waals surface area contributed by atoms with Crippen molar-refractivity contribution < 1.29 is 47.8 Å². The Kier molecular flexibility index (Phi) is 9.62. The number of ether oxygens (including phenoxy) is 4. The third-order valence-electron chi connectivity index (χ3n) is 5.91. The van der Waals surface area contributed by atoms with Gasteiger partial charge in [0.15, 0.2) is 17.9 Å². The van der Waals surface area contributed by atoms with Crippen molar-refractivity contribution in [3.63, 3.8) is 0 Å². The third kappa shape index (κ3) is 7.11. The summed E-state index contributed by atoms with van der Waals surface area (Å²) in [7, 11) is 0. The fourth-order valence-electron chi connectivity index (χ4n) is 4.45. The number of anilines is 1. The molecule has 0 aliphatic carbocycles. The van der Waals surface area contributed by atoms with Crippen molar-refractivity contribution in [2.24, 2.45) is 5.16 Å². The first-order valence-corrected chi connectivity index (χ1v) is 12.5. The van der Waals surface area contributed by atoms with E-state index < -0.39 is 54.5 Å². The lowest BCUT2D eigenvalue weighted by atomic mass is 9.96. The van der Waals surface area contributed by atoms with Crippen molar-refractivity contribution in [1.29, 1.82) is 0 Å². The summed E-state index contributed by atoms with van der Waals surface area (Å²) in [6.45, 7) is 8.58. The Labute approximate surface area is 225 Å². The number of carbonyl (C=O) groups is 5. The van der Waals surface area contributed by atoms with Gasteiger partial charge in [0.2, 0.25) is 5.91 Å². The van der Waals surface area contributed by atoms with Crippen LogP contribution in [0.2, 0.25) is 0 Å². The minimum atomic E-state index is -1.43. The zero-order valence-electron chi connectivity index (χ0n) is 22.7. The van der Waals surface area contributed by atoms with E-state index in [9.17, 15) is 24.0 Å². The Morgan fingerprint density at radius 1 is 1.03 bits per heavy atom. The smallest absolute Gasteiger partial charge is 0.303 e. The SMILES string of the molecule is CCCN1C(=O)/C(=N/O[C@H]2O[C@@H](COC(C)=O)[C@@H](OC(C)=O)[C@@H](OC(C)=O)[C@@H]2NC(C)=O)c2cc(C)ccc21. The molecule has 5 atom stereocenters. The molecule has 0 aromatic heterocycles. The van der Waals surface area contributed by atoms with Gasteiger partial charge in [-0.3, -0.25) is 24.0 Å². The second kappa shape index (κ2) is 12.7. The van der Waals surface area contributed by atoms with Crippen LogP contribution >= 0.6 is 0 Å². The molecule has 1 aromatic rings. The minimum Gasteiger partial charge on any atom is -0.463 e. The maximum atomic E-state index is 13.2. The molecule has 2 aliphatic rings. The van der Waals surface area contributed by atoms with Crippen LogP contribution in [0.1, 0.15) is 52.2 Å². The highest BCUT2D eigenvalue weighted by molar-refractivity contribution is 6.54. The molecule has 2 amide bonds. The number of oxime groups is 1. The number of hydrogen-bond acceptors (Lipinski definition) is 11. The quantitative estimate of drug-likeness (QED) is 0.270. The molecule has 0 saturated carbocycles. The summed E-state index contributed by atoms with van der Waals surface area (Å²) >= 11 is 0. The molecule has 0 spiro atoms. The fourth-order valence-corrected chi connectivity index (χ4v) is 4.45. The third-order valence-corrected chi connectivity index (χ3v) is 5.91. The lowest BCUT2D eigenvalue weighted by Crippen LogP contribution is -2.66. The molecule has 13 heteroatoms. The number of carbonyl (C=O) groups excluding carboxylic acids is 5. The number of esters is 3. The highest BCUT2D eigenvalue weighted by atomic mass is 16.8. The summed E-state index contributed by atoms with van der Waals surface area (Å²) < 4.78 is 21.8. The maximum Gasteiger partial charge on any atom is 0.303 e. The maximum absolute atomic E-state index is 13.2. The van der Waals surface area contributed by atoms with Gasteiger partial charge in [0, 0.05) is 39.8 Å². The predicted octanol–water partition coefficient (Wildman–Crippen LogP) is 1.13. The van der Waals surface area contributed by atoms with Crippen LogP contribution in [0.25, 0.3) is 0 Å². The van der Waals surface area contributed by atoms with Gasteiger partial charge >= 0.3 is 17.9 Å². The molecular weight excluding hydrogens is 514 g/mol. The van der Waals surface area contributed by atoms with Crippen molar-refractivity contribution in [3.8, 4) is 0 Å². The van der Waals surface area contributed by atoms with Gasteiger partial charge in [-0.25, -0.2) is 0 Å². The number of rotatable bonds is 9. The summed E-state index contributed by atoms with van der Waals surface area (Å²) in [6, 6.07) is 4.30. The zero-order chi connectivity index (χ0) is 28.9. The normalized spacial score (nSPS) is 25.1. The van der Waals surface area contributed by atoms with Crippen molar-refractivity contribution in [2.45, 2.75) is 78.6 Å². The Balaban J connectivity index is 2.02. The molecule has 1 fully saturated rings. The van der Waals surface area contributed by atoms with E-state index in [4.69, 9.17) is 23.8 Å². The minimum absolute atomic E-state index is 0.0232. The standard InChI is InChI=1S/C26H33N3O10/c1-7-10-29-19-9-8-13(2)11-18(19)21(25(29)34)28-39-26-22(27-14(3)30)24(37-17(6)33)23(36-16(5)32)20(38-26)12-35-15(4)31/h8-9,11,20,22-24,26H,7,10,12H2,1-6H3,(H,27,30)/b28-21+/t20-,22-,23+,24-,26+/m0/s1. The van der Waals surface area contributed by atoms with Crippen molar-refractivity contribution in [3.05, 3.63) is 29.3 Å². The summed E-state index contributed by atoms with van der Waals surface area (Å²) in [4.78, 5) is 68.1. The summed E-state index contributed by atoms with van der Waals surface area (Å²) in [5, 5.41) is 6.71. The first-order chi connectivity index (χ1) is 18.4. The number of nitrogens with one attached hydrogen (secondary N) is 1. The number of hydrogen-bond donors (Lipinski definition) is 1. The Morgan fingerprint density at radius 3 is 2.28 bits per heavy atom. The van der Waals surface area contributed by atoms with Gasteiger partial charge in [-0.15, -0.1) is 0 Å². The van der Waals surface area contributed by atoms with E-state index in [-0.39, 0.29) is 18.2 Å². The van der Waals surface area contributed by atoms with Crippen LogP contribution in [0.4, 0.5) is 5.69 Å². The molecule has 2 aliphatic heterocycles. The van der Waals surface area contributed by atoms with Crippen LogP contribution in [0, 0.1) is 6.92 Å². The van der Waals surface area contributed by atoms with Gasteiger partial charge in [0.05, 0.1) is 5.69 Å². The predicted molar refractivity (Wildman–Crippen MR) is 135 cm³/mol. The zero-order valence-corrected chi connectivity index (χ0v) is 22.7. The number of aryl methyl sites for hydroxylation is 1. The van der Waals surface area contributed by atoms with Gasteiger partial charge in [-0.1, -0.05) is 23.7 Å². The van der Waals surface area contributed by atoms with Crippen LogP contribution in [0.3, 0.4) is 0 Å². The van der Waals surface area contributed by atoms with Crippen molar-refractivity contribution in [2.75, 3.05) is 18.1 Å². The van der Waals surface area contributed by atoms with Crippen LogP contribution in [-0.2, 0) is 47.8 Å². The van der Waals surface area contributed by atoms with E-state index in [1.807, 2.05) is 26.0 Å². The Morgan fingerprint density at radius 2 is 1.69 bits per heavy atom. The monoisotopic (exact) mass is 547 g/mol. The van der Waals surface area contributed by atoms with Crippen LogP contribution in [-0.4, -0.2) is 79.2 Å². The molecule has 2 heterocycles. The summed E-state index contributed by atoms with van der Waals surface area (Å²) in [6.07, 6.45) is -4.46. The number of fused-ring (bicyclic) bond motifs is 1. The topological polar surface area (TPSA) is 159 Å². The Hall–Kier alpha value is -4.00. The van der Waals surface area contributed by atoms with Crippen molar-refractivity contribution >= 4 is 41.1 Å². The average molecular weight is 548 g/mol. The molecule has 0 radical (unpaired) electrons.